The summed E-state index contributed by atoms with van der Waals surface area (Å²) in [6.07, 6.45) is 3.58. The molecule has 8 heteroatoms. The van der Waals surface area contributed by atoms with E-state index in [4.69, 9.17) is 0 Å². The van der Waals surface area contributed by atoms with Crippen LogP contribution in [0.1, 0.15) is 12.5 Å². The summed E-state index contributed by atoms with van der Waals surface area (Å²) < 4.78 is 14.5. The van der Waals surface area contributed by atoms with E-state index in [0.29, 0.717) is 12.2 Å². The largest absolute Gasteiger partial charge is 0.340 e. The van der Waals surface area contributed by atoms with Crippen molar-refractivity contribution in [3.8, 4) is 0 Å². The summed E-state index contributed by atoms with van der Waals surface area (Å²) >= 11 is 1.26. The van der Waals surface area contributed by atoms with Crippen LogP contribution in [0.25, 0.3) is 0 Å². The molecule has 2 amide bonds. The zero-order valence-corrected chi connectivity index (χ0v) is 15.2. The van der Waals surface area contributed by atoms with E-state index in [-0.39, 0.29) is 28.6 Å². The van der Waals surface area contributed by atoms with Crippen LogP contribution in [0.3, 0.4) is 0 Å². The molecule has 0 saturated carbocycles. The van der Waals surface area contributed by atoms with Gasteiger partial charge in [-0.2, -0.15) is 5.10 Å². The fourth-order valence-corrected chi connectivity index (χ4v) is 3.01. The number of carbonyl (C=O) groups excluding carboxylic acids is 2. The van der Waals surface area contributed by atoms with E-state index in [9.17, 15) is 14.0 Å². The minimum Gasteiger partial charge on any atom is -0.340 e. The van der Waals surface area contributed by atoms with E-state index < -0.39 is 0 Å². The zero-order valence-electron chi connectivity index (χ0n) is 14.4. The number of hydrogen-bond donors (Lipinski definition) is 1. The molecule has 0 aliphatic heterocycles. The maximum Gasteiger partial charge on any atom is 0.235 e. The quantitative estimate of drug-likeness (QED) is 0.818. The number of thioether (sulfide) groups is 1. The number of aryl methyl sites for hydroxylation is 1. The highest BCUT2D eigenvalue weighted by Gasteiger charge is 2.19. The number of nitrogens with zero attached hydrogens (tertiary/aromatic N) is 3. The van der Waals surface area contributed by atoms with Gasteiger partial charge >= 0.3 is 0 Å². The number of hydrogen-bond acceptors (Lipinski definition) is 4. The van der Waals surface area contributed by atoms with Gasteiger partial charge in [0.1, 0.15) is 5.82 Å². The number of carbonyl (C=O) groups is 2. The average molecular weight is 364 g/mol. The maximum absolute atomic E-state index is 12.8. The normalized spacial score (nSPS) is 11.8. The van der Waals surface area contributed by atoms with Gasteiger partial charge in [0, 0.05) is 38.1 Å². The number of nitrogens with one attached hydrogen (secondary N) is 1. The highest BCUT2D eigenvalue weighted by Crippen LogP contribution is 2.15. The first-order valence-corrected chi connectivity index (χ1v) is 8.79. The monoisotopic (exact) mass is 364 g/mol. The van der Waals surface area contributed by atoms with E-state index in [2.05, 4.69) is 10.4 Å². The fraction of sp³-hybridized carbons (Fsp3) is 0.353. The number of halogens is 1. The maximum atomic E-state index is 12.8. The van der Waals surface area contributed by atoms with Gasteiger partial charge in [-0.15, -0.1) is 11.8 Å². The molecule has 134 valence electrons. The lowest BCUT2D eigenvalue weighted by Gasteiger charge is -2.20. The molecule has 1 atom stereocenters. The van der Waals surface area contributed by atoms with E-state index >= 15 is 0 Å². The van der Waals surface area contributed by atoms with Crippen LogP contribution in [0.15, 0.2) is 36.7 Å². The molecule has 0 saturated heterocycles. The predicted octanol–water partition coefficient (Wildman–Crippen LogP) is 2.28. The van der Waals surface area contributed by atoms with Gasteiger partial charge in [-0.05, 0) is 31.2 Å². The summed E-state index contributed by atoms with van der Waals surface area (Å²) in [7, 11) is 3.55. The van der Waals surface area contributed by atoms with Crippen LogP contribution in [-0.4, -0.2) is 44.5 Å². The van der Waals surface area contributed by atoms with Gasteiger partial charge in [0.25, 0.3) is 0 Å². The van der Waals surface area contributed by atoms with Gasteiger partial charge < -0.3 is 10.2 Å². The smallest absolute Gasteiger partial charge is 0.235 e. The average Bonchev–Trinajstić information content (AvgIpc) is 2.98. The molecule has 0 aliphatic rings. The first kappa shape index (κ1) is 19.0. The van der Waals surface area contributed by atoms with E-state index in [1.165, 1.54) is 36.0 Å². The lowest BCUT2D eigenvalue weighted by Crippen LogP contribution is -2.33. The minimum absolute atomic E-state index is 0.0524. The molecule has 2 aromatic rings. The molecule has 25 heavy (non-hydrogen) atoms. The van der Waals surface area contributed by atoms with Crippen molar-refractivity contribution in [2.24, 2.45) is 7.05 Å². The fourth-order valence-electron chi connectivity index (χ4n) is 2.22. The summed E-state index contributed by atoms with van der Waals surface area (Å²) in [6.45, 7) is 2.25. The topological polar surface area (TPSA) is 67.2 Å². The molecule has 0 aliphatic carbocycles. The van der Waals surface area contributed by atoms with Crippen LogP contribution >= 0.6 is 11.8 Å². The standard InChI is InChI=1S/C17H21FN4O2S/c1-12(17(24)21(2)9-13-8-19-22(3)10-13)25-11-16(23)20-15-6-4-14(18)5-7-15/h4-8,10,12H,9,11H2,1-3H3,(H,20,23). The third kappa shape index (κ3) is 5.90. The van der Waals surface area contributed by atoms with E-state index in [1.807, 2.05) is 13.2 Å². The SMILES string of the molecule is CC(SCC(=O)Nc1ccc(F)cc1)C(=O)N(C)Cc1cnn(C)c1. The van der Waals surface area contributed by atoms with Crippen molar-refractivity contribution in [2.75, 3.05) is 18.1 Å². The Bertz CT molecular complexity index is 733. The second-order valence-corrected chi connectivity index (χ2v) is 7.05. The first-order chi connectivity index (χ1) is 11.8. The Morgan fingerprint density at radius 3 is 2.64 bits per heavy atom. The Hall–Kier alpha value is -2.35. The molecular weight excluding hydrogens is 343 g/mol. The molecule has 6 nitrogen and oxygen atoms in total. The molecule has 1 heterocycles. The summed E-state index contributed by atoms with van der Waals surface area (Å²) in [5, 5.41) is 6.40. The molecule has 1 unspecified atom stereocenters. The van der Waals surface area contributed by atoms with Crippen molar-refractivity contribution in [2.45, 2.75) is 18.7 Å². The molecule has 2 rings (SSSR count). The van der Waals surface area contributed by atoms with Crippen LogP contribution in [0.5, 0.6) is 0 Å². The molecular formula is C17H21FN4O2S. The minimum atomic E-state index is -0.358. The van der Waals surface area contributed by atoms with Crippen LogP contribution in [0.4, 0.5) is 10.1 Å². The second-order valence-electron chi connectivity index (χ2n) is 5.72. The van der Waals surface area contributed by atoms with E-state index in [0.717, 1.165) is 5.56 Å². The Labute approximate surface area is 150 Å². The van der Waals surface area contributed by atoms with Gasteiger partial charge in [0.2, 0.25) is 11.8 Å². The third-order valence-electron chi connectivity index (χ3n) is 3.49. The van der Waals surface area contributed by atoms with Crippen molar-refractivity contribution >= 4 is 29.3 Å². The summed E-state index contributed by atoms with van der Waals surface area (Å²) in [5.74, 6) is -0.497. The van der Waals surface area contributed by atoms with Crippen molar-refractivity contribution in [1.82, 2.24) is 14.7 Å². The second kappa shape index (κ2) is 8.66. The number of amides is 2. The van der Waals surface area contributed by atoms with Crippen molar-refractivity contribution in [3.63, 3.8) is 0 Å². The Morgan fingerprint density at radius 1 is 1.36 bits per heavy atom. The van der Waals surface area contributed by atoms with Gasteiger partial charge in [0.05, 0.1) is 17.2 Å². The van der Waals surface area contributed by atoms with Gasteiger partial charge in [-0.25, -0.2) is 4.39 Å². The van der Waals surface area contributed by atoms with E-state index in [1.54, 1.807) is 29.7 Å². The number of anilines is 1. The summed E-state index contributed by atoms with van der Waals surface area (Å²) in [4.78, 5) is 25.9. The summed E-state index contributed by atoms with van der Waals surface area (Å²) in [6, 6.07) is 5.55. The van der Waals surface area contributed by atoms with Crippen LogP contribution in [0.2, 0.25) is 0 Å². The van der Waals surface area contributed by atoms with Crippen LogP contribution in [-0.2, 0) is 23.2 Å². The highest BCUT2D eigenvalue weighted by molar-refractivity contribution is 8.01. The summed E-state index contributed by atoms with van der Waals surface area (Å²) in [5.41, 5.74) is 1.48. The number of rotatable bonds is 7. The molecule has 0 fully saturated rings. The third-order valence-corrected chi connectivity index (χ3v) is 4.62. The lowest BCUT2D eigenvalue weighted by atomic mass is 10.3. The predicted molar refractivity (Wildman–Crippen MR) is 96.6 cm³/mol. The highest BCUT2D eigenvalue weighted by atomic mass is 32.2. The molecule has 1 N–H and O–H groups in total. The van der Waals surface area contributed by atoms with Crippen LogP contribution in [0, 0.1) is 5.82 Å². The molecule has 1 aromatic heterocycles. The molecule has 0 radical (unpaired) electrons. The van der Waals surface area contributed by atoms with Gasteiger partial charge in [-0.3, -0.25) is 14.3 Å². The van der Waals surface area contributed by atoms with Gasteiger partial charge in [0.15, 0.2) is 0 Å². The van der Waals surface area contributed by atoms with Crippen molar-refractivity contribution < 1.29 is 14.0 Å². The first-order valence-electron chi connectivity index (χ1n) is 7.74. The van der Waals surface area contributed by atoms with Crippen molar-refractivity contribution in [3.05, 3.63) is 48.0 Å². The zero-order chi connectivity index (χ0) is 18.4. The molecule has 1 aromatic carbocycles. The van der Waals surface area contributed by atoms with Crippen molar-refractivity contribution in [1.29, 1.82) is 0 Å². The van der Waals surface area contributed by atoms with Crippen LogP contribution < -0.4 is 5.32 Å². The Balaban J connectivity index is 1.77. The number of benzene rings is 1. The Morgan fingerprint density at radius 2 is 2.04 bits per heavy atom. The lowest BCUT2D eigenvalue weighted by molar-refractivity contribution is -0.129. The van der Waals surface area contributed by atoms with Gasteiger partial charge in [-0.1, -0.05) is 0 Å². The number of aromatic nitrogens is 2. The molecule has 0 spiro atoms. The Kier molecular flexibility index (Phi) is 6.58. The molecule has 0 bridgehead atoms.